The first-order valence-electron chi connectivity index (χ1n) is 9.45. The standard InChI is InChI=1S/C24H16ClNO6/c1-30-17-7-9-19(10-8-17)31-18-5-2-15(3-6-18)24(27)23-13-12-22(32-23)16-4-11-20(25)21(14-16)26(28)29/h2-14H,1H3. The van der Waals surface area contributed by atoms with Gasteiger partial charge in [-0.3, -0.25) is 14.9 Å². The van der Waals surface area contributed by atoms with Crippen molar-refractivity contribution in [2.75, 3.05) is 7.11 Å². The largest absolute Gasteiger partial charge is 0.497 e. The van der Waals surface area contributed by atoms with E-state index in [0.717, 1.165) is 5.75 Å². The van der Waals surface area contributed by atoms with Crippen molar-refractivity contribution in [3.63, 3.8) is 0 Å². The van der Waals surface area contributed by atoms with E-state index < -0.39 is 4.92 Å². The lowest BCUT2D eigenvalue weighted by Gasteiger charge is -2.07. The second-order valence-corrected chi connectivity index (χ2v) is 7.13. The molecule has 0 saturated carbocycles. The van der Waals surface area contributed by atoms with Crippen LogP contribution in [0.5, 0.6) is 17.2 Å². The Labute approximate surface area is 187 Å². The van der Waals surface area contributed by atoms with Gasteiger partial charge in [-0.05, 0) is 72.8 Å². The van der Waals surface area contributed by atoms with E-state index in [-0.39, 0.29) is 22.3 Å². The zero-order valence-corrected chi connectivity index (χ0v) is 17.5. The SMILES string of the molecule is COc1ccc(Oc2ccc(C(=O)c3ccc(-c4ccc(Cl)c([N+](=O)[O-])c4)o3)cc2)cc1. The van der Waals surface area contributed by atoms with E-state index in [1.807, 2.05) is 0 Å². The number of carbonyl (C=O) groups is 1. The molecule has 160 valence electrons. The minimum absolute atomic E-state index is 0.0264. The molecule has 0 aliphatic heterocycles. The summed E-state index contributed by atoms with van der Waals surface area (Å²) in [5, 5.41) is 11.1. The number of furan rings is 1. The first-order valence-corrected chi connectivity index (χ1v) is 9.83. The maximum absolute atomic E-state index is 12.8. The highest BCUT2D eigenvalue weighted by molar-refractivity contribution is 6.32. The van der Waals surface area contributed by atoms with Gasteiger partial charge in [-0.15, -0.1) is 0 Å². The fourth-order valence-corrected chi connectivity index (χ4v) is 3.20. The molecule has 4 rings (SSSR count). The molecule has 7 nitrogen and oxygen atoms in total. The van der Waals surface area contributed by atoms with E-state index in [4.69, 9.17) is 25.5 Å². The van der Waals surface area contributed by atoms with Crippen LogP contribution in [0, 0.1) is 10.1 Å². The molecule has 0 radical (unpaired) electrons. The zero-order valence-electron chi connectivity index (χ0n) is 16.8. The van der Waals surface area contributed by atoms with Crippen LogP contribution in [-0.4, -0.2) is 17.8 Å². The monoisotopic (exact) mass is 449 g/mol. The molecular weight excluding hydrogens is 434 g/mol. The lowest BCUT2D eigenvalue weighted by atomic mass is 10.1. The van der Waals surface area contributed by atoms with Gasteiger partial charge in [0.15, 0.2) is 5.76 Å². The summed E-state index contributed by atoms with van der Waals surface area (Å²) in [7, 11) is 1.59. The Morgan fingerprint density at radius 1 is 0.906 bits per heavy atom. The van der Waals surface area contributed by atoms with Crippen LogP contribution in [0.25, 0.3) is 11.3 Å². The van der Waals surface area contributed by atoms with Gasteiger partial charge in [0.1, 0.15) is 28.0 Å². The van der Waals surface area contributed by atoms with Crippen LogP contribution in [0.1, 0.15) is 16.1 Å². The van der Waals surface area contributed by atoms with Gasteiger partial charge >= 0.3 is 0 Å². The van der Waals surface area contributed by atoms with E-state index >= 15 is 0 Å². The van der Waals surface area contributed by atoms with E-state index in [9.17, 15) is 14.9 Å². The molecule has 0 saturated heterocycles. The first-order chi connectivity index (χ1) is 15.4. The molecule has 0 aliphatic carbocycles. The molecule has 0 spiro atoms. The summed E-state index contributed by atoms with van der Waals surface area (Å²) in [4.78, 5) is 23.3. The molecule has 0 atom stereocenters. The van der Waals surface area contributed by atoms with E-state index in [1.54, 1.807) is 67.8 Å². The van der Waals surface area contributed by atoms with Crippen molar-refractivity contribution in [3.8, 4) is 28.6 Å². The number of nitro groups is 1. The minimum atomic E-state index is -0.573. The fourth-order valence-electron chi connectivity index (χ4n) is 3.02. The van der Waals surface area contributed by atoms with E-state index in [1.165, 1.54) is 18.2 Å². The van der Waals surface area contributed by atoms with E-state index in [0.29, 0.717) is 28.4 Å². The van der Waals surface area contributed by atoms with Crippen molar-refractivity contribution in [2.45, 2.75) is 0 Å². The van der Waals surface area contributed by atoms with Gasteiger partial charge in [0.05, 0.1) is 12.0 Å². The van der Waals surface area contributed by atoms with Gasteiger partial charge in [-0.1, -0.05) is 11.6 Å². The number of carbonyl (C=O) groups excluding carboxylic acids is 1. The molecule has 0 bridgehead atoms. The number of halogens is 1. The Bertz CT molecular complexity index is 1280. The van der Waals surface area contributed by atoms with Gasteiger partial charge in [-0.25, -0.2) is 0 Å². The second kappa shape index (κ2) is 8.95. The zero-order chi connectivity index (χ0) is 22.7. The van der Waals surface area contributed by atoms with Crippen molar-refractivity contribution >= 4 is 23.1 Å². The summed E-state index contributed by atoms with van der Waals surface area (Å²) in [5.41, 5.74) is 0.624. The lowest BCUT2D eigenvalue weighted by Crippen LogP contribution is -1.99. The molecule has 3 aromatic carbocycles. The molecular formula is C24H16ClNO6. The van der Waals surface area contributed by atoms with Crippen LogP contribution in [-0.2, 0) is 0 Å². The first kappa shape index (κ1) is 21.1. The average molecular weight is 450 g/mol. The Morgan fingerprint density at radius 2 is 1.53 bits per heavy atom. The van der Waals surface area contributed by atoms with Crippen molar-refractivity contribution in [2.24, 2.45) is 0 Å². The van der Waals surface area contributed by atoms with Crippen LogP contribution in [0.2, 0.25) is 5.02 Å². The maximum atomic E-state index is 12.8. The quantitative estimate of drug-likeness (QED) is 0.181. The molecule has 32 heavy (non-hydrogen) atoms. The number of ketones is 1. The summed E-state index contributed by atoms with van der Waals surface area (Å²) in [6.45, 7) is 0. The molecule has 0 unspecified atom stereocenters. The van der Waals surface area contributed by atoms with Crippen LogP contribution < -0.4 is 9.47 Å². The molecule has 4 aromatic rings. The Kier molecular flexibility index (Phi) is 5.91. The summed E-state index contributed by atoms with van der Waals surface area (Å²) in [6.07, 6.45) is 0. The van der Waals surface area contributed by atoms with Crippen molar-refractivity contribution in [1.29, 1.82) is 0 Å². The van der Waals surface area contributed by atoms with E-state index in [2.05, 4.69) is 0 Å². The Morgan fingerprint density at radius 3 is 2.16 bits per heavy atom. The highest BCUT2D eigenvalue weighted by Gasteiger charge is 2.18. The number of nitrogens with zero attached hydrogens (tertiary/aromatic N) is 1. The normalized spacial score (nSPS) is 10.6. The van der Waals surface area contributed by atoms with Gasteiger partial charge in [0, 0.05) is 17.2 Å². The van der Waals surface area contributed by atoms with Gasteiger partial charge in [0.2, 0.25) is 5.78 Å². The minimum Gasteiger partial charge on any atom is -0.497 e. The average Bonchev–Trinajstić information content (AvgIpc) is 3.30. The molecule has 0 amide bonds. The van der Waals surface area contributed by atoms with Gasteiger partial charge in [0.25, 0.3) is 5.69 Å². The summed E-state index contributed by atoms with van der Waals surface area (Å²) >= 11 is 5.85. The number of methoxy groups -OCH3 is 1. The van der Waals surface area contributed by atoms with Crippen LogP contribution in [0.4, 0.5) is 5.69 Å². The number of ether oxygens (including phenoxy) is 2. The number of hydrogen-bond acceptors (Lipinski definition) is 6. The third-order valence-electron chi connectivity index (χ3n) is 4.67. The molecule has 0 fully saturated rings. The fraction of sp³-hybridized carbons (Fsp3) is 0.0417. The second-order valence-electron chi connectivity index (χ2n) is 6.72. The van der Waals surface area contributed by atoms with Crippen molar-refractivity contribution in [1.82, 2.24) is 0 Å². The summed E-state index contributed by atoms with van der Waals surface area (Å²) in [5.74, 6) is 2.05. The number of benzene rings is 3. The van der Waals surface area contributed by atoms with Crippen LogP contribution in [0.3, 0.4) is 0 Å². The molecule has 0 aliphatic rings. The Hall–Kier alpha value is -4.10. The highest BCUT2D eigenvalue weighted by Crippen LogP contribution is 2.32. The van der Waals surface area contributed by atoms with Crippen molar-refractivity contribution < 1.29 is 23.6 Å². The molecule has 1 aromatic heterocycles. The maximum Gasteiger partial charge on any atom is 0.288 e. The van der Waals surface area contributed by atoms with Gasteiger partial charge < -0.3 is 13.9 Å². The van der Waals surface area contributed by atoms with Crippen LogP contribution >= 0.6 is 11.6 Å². The smallest absolute Gasteiger partial charge is 0.288 e. The van der Waals surface area contributed by atoms with Crippen LogP contribution in [0.15, 0.2) is 83.3 Å². The Balaban J connectivity index is 1.49. The summed E-state index contributed by atoms with van der Waals surface area (Å²) in [6, 6.07) is 21.2. The third kappa shape index (κ3) is 4.48. The predicted molar refractivity (Wildman–Crippen MR) is 119 cm³/mol. The molecule has 1 heterocycles. The number of hydrogen-bond donors (Lipinski definition) is 0. The van der Waals surface area contributed by atoms with Crippen molar-refractivity contribution in [3.05, 3.63) is 105 Å². The topological polar surface area (TPSA) is 91.8 Å². The molecule has 8 heteroatoms. The number of nitro benzene ring substituents is 1. The molecule has 0 N–H and O–H groups in total. The third-order valence-corrected chi connectivity index (χ3v) is 4.99. The lowest BCUT2D eigenvalue weighted by molar-refractivity contribution is -0.384. The highest BCUT2D eigenvalue weighted by atomic mass is 35.5. The predicted octanol–water partition coefficient (Wildman–Crippen LogP) is 6.54. The van der Waals surface area contributed by atoms with Gasteiger partial charge in [-0.2, -0.15) is 0 Å². The number of rotatable bonds is 7. The summed E-state index contributed by atoms with van der Waals surface area (Å²) < 4.78 is 16.5.